The molecule has 156 valence electrons. The van der Waals surface area contributed by atoms with Crippen LogP contribution in [0.4, 0.5) is 11.4 Å². The molecule has 4 rings (SSSR count). The molecule has 0 spiro atoms. The number of carbonyl (C=O) groups is 3. The number of nitrogens with one attached hydrogen (secondary N) is 1. The first-order chi connectivity index (χ1) is 14.6. The molecule has 1 atom stereocenters. The highest BCUT2D eigenvalue weighted by Gasteiger charge is 2.31. The summed E-state index contributed by atoms with van der Waals surface area (Å²) in [7, 11) is 1.63. The van der Waals surface area contributed by atoms with E-state index in [9.17, 15) is 14.4 Å². The van der Waals surface area contributed by atoms with Crippen molar-refractivity contribution in [3.8, 4) is 5.75 Å². The van der Waals surface area contributed by atoms with Crippen LogP contribution in [0.2, 0.25) is 0 Å². The van der Waals surface area contributed by atoms with E-state index in [-0.39, 0.29) is 43.1 Å². The second kappa shape index (κ2) is 8.57. The normalized spacial score (nSPS) is 18.0. The fourth-order valence-corrected chi connectivity index (χ4v) is 4.19. The zero-order valence-electron chi connectivity index (χ0n) is 17.0. The second-order valence-electron chi connectivity index (χ2n) is 7.56. The van der Waals surface area contributed by atoms with Crippen molar-refractivity contribution in [2.45, 2.75) is 31.7 Å². The van der Waals surface area contributed by atoms with Crippen LogP contribution in [-0.2, 0) is 14.4 Å². The summed E-state index contributed by atoms with van der Waals surface area (Å²) in [4.78, 5) is 41.0. The van der Waals surface area contributed by atoms with Gasteiger partial charge in [-0.15, -0.1) is 0 Å². The van der Waals surface area contributed by atoms with E-state index in [2.05, 4.69) is 5.32 Å². The quantitative estimate of drug-likeness (QED) is 0.826. The Labute approximate surface area is 175 Å². The average molecular weight is 407 g/mol. The predicted molar refractivity (Wildman–Crippen MR) is 113 cm³/mol. The monoisotopic (exact) mass is 407 g/mol. The summed E-state index contributed by atoms with van der Waals surface area (Å²) >= 11 is 0. The third-order valence-electron chi connectivity index (χ3n) is 5.70. The van der Waals surface area contributed by atoms with E-state index < -0.39 is 0 Å². The van der Waals surface area contributed by atoms with E-state index in [0.717, 1.165) is 24.2 Å². The largest absolute Gasteiger partial charge is 0.497 e. The van der Waals surface area contributed by atoms with Gasteiger partial charge in [0.1, 0.15) is 12.3 Å². The molecule has 7 nitrogen and oxygen atoms in total. The molecule has 3 amide bonds. The van der Waals surface area contributed by atoms with Crippen LogP contribution in [0, 0.1) is 0 Å². The van der Waals surface area contributed by atoms with Crippen molar-refractivity contribution < 1.29 is 19.1 Å². The van der Waals surface area contributed by atoms with E-state index in [1.54, 1.807) is 19.2 Å². The molecule has 2 aromatic carbocycles. The first kappa shape index (κ1) is 19.9. The number of anilines is 2. The van der Waals surface area contributed by atoms with Gasteiger partial charge in [-0.05, 0) is 42.7 Å². The van der Waals surface area contributed by atoms with E-state index in [1.165, 1.54) is 4.90 Å². The smallest absolute Gasteiger partial charge is 0.244 e. The molecule has 0 saturated carbocycles. The lowest BCUT2D eigenvalue weighted by molar-refractivity contribution is -0.134. The highest BCUT2D eigenvalue weighted by Crippen LogP contribution is 2.34. The summed E-state index contributed by atoms with van der Waals surface area (Å²) in [6, 6.07) is 15.0. The molecular weight excluding hydrogens is 382 g/mol. The van der Waals surface area contributed by atoms with E-state index >= 15 is 0 Å². The number of methoxy groups -OCH3 is 1. The number of carbonyl (C=O) groups excluding carboxylic acids is 3. The number of nitrogens with zero attached hydrogens (tertiary/aromatic N) is 2. The van der Waals surface area contributed by atoms with Gasteiger partial charge in [-0.2, -0.15) is 0 Å². The summed E-state index contributed by atoms with van der Waals surface area (Å²) in [6.45, 7) is 0.668. The summed E-state index contributed by atoms with van der Waals surface area (Å²) in [5.41, 5.74) is 2.37. The third-order valence-corrected chi connectivity index (χ3v) is 5.70. The highest BCUT2D eigenvalue weighted by molar-refractivity contribution is 6.10. The van der Waals surface area contributed by atoms with Crippen LogP contribution in [0.15, 0.2) is 48.5 Å². The van der Waals surface area contributed by atoms with Crippen LogP contribution < -0.4 is 15.0 Å². The van der Waals surface area contributed by atoms with Gasteiger partial charge in [0.15, 0.2) is 0 Å². The number of rotatable bonds is 5. The van der Waals surface area contributed by atoms with Crippen LogP contribution in [0.25, 0.3) is 0 Å². The maximum Gasteiger partial charge on any atom is 0.244 e. The number of amides is 3. The van der Waals surface area contributed by atoms with Crippen molar-refractivity contribution >= 4 is 29.1 Å². The lowest BCUT2D eigenvalue weighted by Gasteiger charge is -2.29. The maximum atomic E-state index is 12.9. The molecule has 1 saturated heterocycles. The van der Waals surface area contributed by atoms with Crippen molar-refractivity contribution in [3.05, 3.63) is 54.1 Å². The fraction of sp³-hybridized carbons (Fsp3) is 0.348. The first-order valence-electron chi connectivity index (χ1n) is 10.2. The number of fused-ring (bicyclic) bond motifs is 1. The molecule has 0 aliphatic carbocycles. The van der Waals surface area contributed by atoms with Gasteiger partial charge in [-0.25, -0.2) is 0 Å². The molecule has 30 heavy (non-hydrogen) atoms. The van der Waals surface area contributed by atoms with E-state index in [1.807, 2.05) is 41.3 Å². The first-order valence-corrected chi connectivity index (χ1v) is 10.2. The van der Waals surface area contributed by atoms with Crippen molar-refractivity contribution in [2.24, 2.45) is 0 Å². The number of para-hydroxylation sites is 2. The Morgan fingerprint density at radius 3 is 2.57 bits per heavy atom. The lowest BCUT2D eigenvalue weighted by atomic mass is 10.0. The third kappa shape index (κ3) is 4.01. The Kier molecular flexibility index (Phi) is 5.70. The second-order valence-corrected chi connectivity index (χ2v) is 7.56. The van der Waals surface area contributed by atoms with Gasteiger partial charge in [0.25, 0.3) is 0 Å². The molecule has 7 heteroatoms. The average Bonchev–Trinajstić information content (AvgIpc) is 3.26. The van der Waals surface area contributed by atoms with Crippen molar-refractivity contribution in [3.63, 3.8) is 0 Å². The Morgan fingerprint density at radius 1 is 1.07 bits per heavy atom. The number of hydrogen-bond donors (Lipinski definition) is 1. The molecule has 0 unspecified atom stereocenters. The number of likely N-dealkylation sites (tertiary alicyclic amines) is 1. The van der Waals surface area contributed by atoms with Crippen LogP contribution in [0.1, 0.15) is 37.3 Å². The zero-order valence-corrected chi connectivity index (χ0v) is 17.0. The fourth-order valence-electron chi connectivity index (χ4n) is 4.19. The molecule has 0 radical (unpaired) electrons. The van der Waals surface area contributed by atoms with Gasteiger partial charge in [0, 0.05) is 19.4 Å². The van der Waals surface area contributed by atoms with E-state index in [4.69, 9.17) is 4.74 Å². The molecule has 0 bridgehead atoms. The van der Waals surface area contributed by atoms with Crippen LogP contribution in [0.5, 0.6) is 5.75 Å². The van der Waals surface area contributed by atoms with Gasteiger partial charge < -0.3 is 19.9 Å². The molecule has 1 N–H and O–H groups in total. The summed E-state index contributed by atoms with van der Waals surface area (Å²) < 4.78 is 5.21. The Bertz CT molecular complexity index is 957. The Hall–Kier alpha value is -3.35. The van der Waals surface area contributed by atoms with Crippen LogP contribution in [-0.4, -0.2) is 42.8 Å². The molecule has 0 aromatic heterocycles. The molecular formula is C23H25N3O4. The minimum atomic E-state index is -0.229. The van der Waals surface area contributed by atoms with E-state index in [0.29, 0.717) is 17.9 Å². The predicted octanol–water partition coefficient (Wildman–Crippen LogP) is 3.12. The minimum absolute atomic E-state index is 0.0256. The SMILES string of the molecule is COc1ccc([C@@H]2CCCN2C(=O)CCC(=O)N2CC(=O)Nc3ccccc32)cc1. The van der Waals surface area contributed by atoms with Gasteiger partial charge in [0.2, 0.25) is 17.7 Å². The maximum absolute atomic E-state index is 12.9. The van der Waals surface area contributed by atoms with Gasteiger partial charge in [-0.3, -0.25) is 14.4 Å². The summed E-state index contributed by atoms with van der Waals surface area (Å²) in [6.07, 6.45) is 2.06. The topological polar surface area (TPSA) is 79.0 Å². The van der Waals surface area contributed by atoms with Gasteiger partial charge in [-0.1, -0.05) is 24.3 Å². The molecule has 1 fully saturated rings. The number of ether oxygens (including phenoxy) is 1. The van der Waals surface area contributed by atoms with Crippen molar-refractivity contribution in [1.29, 1.82) is 0 Å². The minimum Gasteiger partial charge on any atom is -0.497 e. The van der Waals surface area contributed by atoms with Crippen molar-refractivity contribution in [2.75, 3.05) is 30.4 Å². The number of hydrogen-bond acceptors (Lipinski definition) is 4. The molecule has 2 heterocycles. The standard InChI is InChI=1S/C23H25N3O4/c1-30-17-10-8-16(9-11-17)19-7-4-14-25(19)22(28)12-13-23(29)26-15-21(27)24-18-5-2-3-6-20(18)26/h2-3,5-6,8-11,19H,4,7,12-15H2,1H3,(H,24,27)/t19-/m0/s1. The van der Waals surface area contributed by atoms with Gasteiger partial charge in [0.05, 0.1) is 24.5 Å². The Balaban J connectivity index is 1.40. The molecule has 2 aromatic rings. The van der Waals surface area contributed by atoms with Crippen LogP contribution >= 0.6 is 0 Å². The highest BCUT2D eigenvalue weighted by atomic mass is 16.5. The Morgan fingerprint density at radius 2 is 1.80 bits per heavy atom. The lowest BCUT2D eigenvalue weighted by Crippen LogP contribution is -2.42. The number of benzene rings is 2. The van der Waals surface area contributed by atoms with Gasteiger partial charge >= 0.3 is 0 Å². The van der Waals surface area contributed by atoms with Crippen molar-refractivity contribution in [1.82, 2.24) is 4.90 Å². The summed E-state index contributed by atoms with van der Waals surface area (Å²) in [5, 5.41) is 2.77. The molecule has 2 aliphatic heterocycles. The zero-order chi connectivity index (χ0) is 21.1. The molecule has 2 aliphatic rings. The summed E-state index contributed by atoms with van der Waals surface area (Å²) in [5.74, 6) is 0.306. The van der Waals surface area contributed by atoms with Crippen LogP contribution in [0.3, 0.4) is 0 Å².